The fourth-order valence-corrected chi connectivity index (χ4v) is 3.75. The molecule has 128 valence electrons. The lowest BCUT2D eigenvalue weighted by Gasteiger charge is -2.37. The number of rotatable bonds is 4. The Bertz CT molecular complexity index is 541. The number of nitrogens with zero attached hydrogens (tertiary/aromatic N) is 1. The molecule has 5 heteroatoms. The molecule has 0 radical (unpaired) electrons. The van der Waals surface area contributed by atoms with Crippen molar-refractivity contribution in [2.75, 3.05) is 20.2 Å². The molecule has 0 aromatic carbocycles. The molecule has 0 aromatic rings. The zero-order chi connectivity index (χ0) is 17.2. The molecule has 1 heterocycles. The van der Waals surface area contributed by atoms with Gasteiger partial charge in [-0.05, 0) is 24.7 Å². The first-order valence-corrected chi connectivity index (χ1v) is 8.46. The normalized spacial score (nSPS) is 26.4. The van der Waals surface area contributed by atoms with Gasteiger partial charge in [0.2, 0.25) is 0 Å². The fourth-order valence-electron chi connectivity index (χ4n) is 3.75. The van der Waals surface area contributed by atoms with Crippen LogP contribution in [0.15, 0.2) is 11.3 Å². The summed E-state index contributed by atoms with van der Waals surface area (Å²) in [4.78, 5) is 40.0. The molecule has 23 heavy (non-hydrogen) atoms. The molecular weight excluding hydrogens is 294 g/mol. The summed E-state index contributed by atoms with van der Waals surface area (Å²) in [5.74, 6) is -1.92. The van der Waals surface area contributed by atoms with Crippen LogP contribution >= 0.6 is 0 Å². The number of carbonyl (C=O) groups is 3. The molecule has 1 aliphatic carbocycles. The second-order valence-corrected chi connectivity index (χ2v) is 7.17. The van der Waals surface area contributed by atoms with Gasteiger partial charge in [-0.3, -0.25) is 14.4 Å². The average molecular weight is 321 g/mol. The molecule has 2 aliphatic rings. The van der Waals surface area contributed by atoms with Crippen molar-refractivity contribution in [2.24, 2.45) is 11.3 Å². The van der Waals surface area contributed by atoms with Crippen LogP contribution in [0, 0.1) is 11.3 Å². The summed E-state index contributed by atoms with van der Waals surface area (Å²) in [5, 5.41) is 0. The predicted octanol–water partition coefficient (Wildman–Crippen LogP) is 2.49. The lowest BCUT2D eigenvalue weighted by atomic mass is 9.65. The topological polar surface area (TPSA) is 63.7 Å². The van der Waals surface area contributed by atoms with Crippen molar-refractivity contribution >= 4 is 17.5 Å². The van der Waals surface area contributed by atoms with Gasteiger partial charge < -0.3 is 9.64 Å². The Morgan fingerprint density at radius 1 is 1.26 bits per heavy atom. The highest BCUT2D eigenvalue weighted by Gasteiger charge is 2.50. The van der Waals surface area contributed by atoms with Crippen molar-refractivity contribution in [1.82, 2.24) is 4.90 Å². The van der Waals surface area contributed by atoms with Crippen molar-refractivity contribution in [1.29, 1.82) is 0 Å². The van der Waals surface area contributed by atoms with E-state index < -0.39 is 17.3 Å². The van der Waals surface area contributed by atoms with Crippen molar-refractivity contribution in [3.63, 3.8) is 0 Å². The Hall–Kier alpha value is -1.65. The standard InChI is InChI=1S/C18H27NO4/c1-5-8-12(19-9-6-7-10-19)14-13(20)11-18(2,3)15(16(14)21)17(22)23-4/h15H,5-11H2,1-4H3/b14-12+/t15-/m0/s1. The number of Topliss-reactive ketones (excluding diaryl/α,β-unsaturated/α-hetero) is 2. The van der Waals surface area contributed by atoms with Gasteiger partial charge in [0.1, 0.15) is 5.92 Å². The highest BCUT2D eigenvalue weighted by molar-refractivity contribution is 6.27. The van der Waals surface area contributed by atoms with Gasteiger partial charge in [0.25, 0.3) is 0 Å². The van der Waals surface area contributed by atoms with Gasteiger partial charge in [-0.2, -0.15) is 0 Å². The molecule has 0 bridgehead atoms. The van der Waals surface area contributed by atoms with E-state index in [9.17, 15) is 14.4 Å². The first-order valence-electron chi connectivity index (χ1n) is 8.46. The van der Waals surface area contributed by atoms with Crippen LogP contribution in [0.25, 0.3) is 0 Å². The molecule has 1 saturated carbocycles. The summed E-state index contributed by atoms with van der Waals surface area (Å²) in [5.41, 5.74) is 0.389. The number of likely N-dealkylation sites (tertiary alicyclic amines) is 1. The molecule has 5 nitrogen and oxygen atoms in total. The summed E-state index contributed by atoms with van der Waals surface area (Å²) in [7, 11) is 1.29. The number of hydrogen-bond acceptors (Lipinski definition) is 5. The Balaban J connectivity index is 2.50. The van der Waals surface area contributed by atoms with E-state index in [2.05, 4.69) is 4.90 Å². The van der Waals surface area contributed by atoms with Crippen LogP contribution in [0.5, 0.6) is 0 Å². The van der Waals surface area contributed by atoms with E-state index in [1.807, 2.05) is 6.92 Å². The van der Waals surface area contributed by atoms with Gasteiger partial charge in [0.15, 0.2) is 11.6 Å². The molecule has 0 spiro atoms. The highest BCUT2D eigenvalue weighted by atomic mass is 16.5. The maximum atomic E-state index is 13.0. The van der Waals surface area contributed by atoms with Gasteiger partial charge >= 0.3 is 5.97 Å². The van der Waals surface area contributed by atoms with E-state index >= 15 is 0 Å². The second-order valence-electron chi connectivity index (χ2n) is 7.17. The third-order valence-corrected chi connectivity index (χ3v) is 4.89. The molecule has 0 N–H and O–H groups in total. The number of ether oxygens (including phenoxy) is 1. The van der Waals surface area contributed by atoms with Gasteiger partial charge in [0, 0.05) is 25.2 Å². The van der Waals surface area contributed by atoms with Crippen LogP contribution in [-0.2, 0) is 19.1 Å². The minimum Gasteiger partial charge on any atom is -0.468 e. The predicted molar refractivity (Wildman–Crippen MR) is 86.7 cm³/mol. The summed E-state index contributed by atoms with van der Waals surface area (Å²) in [6.45, 7) is 7.38. The number of ketones is 2. The first kappa shape index (κ1) is 17.7. The lowest BCUT2D eigenvalue weighted by molar-refractivity contribution is -0.155. The van der Waals surface area contributed by atoms with E-state index in [1.165, 1.54) is 7.11 Å². The summed E-state index contributed by atoms with van der Waals surface area (Å²) in [6.07, 6.45) is 3.92. The van der Waals surface area contributed by atoms with Crippen molar-refractivity contribution in [2.45, 2.75) is 52.9 Å². The molecule has 2 fully saturated rings. The second kappa shape index (κ2) is 6.85. The Morgan fingerprint density at radius 2 is 1.87 bits per heavy atom. The monoisotopic (exact) mass is 321 g/mol. The Kier molecular flexibility index (Phi) is 5.27. The average Bonchev–Trinajstić information content (AvgIpc) is 2.98. The smallest absolute Gasteiger partial charge is 0.317 e. The van der Waals surface area contributed by atoms with Crippen LogP contribution in [0.1, 0.15) is 52.9 Å². The number of allylic oxidation sites excluding steroid dienone is 2. The van der Waals surface area contributed by atoms with Crippen LogP contribution < -0.4 is 0 Å². The third-order valence-electron chi connectivity index (χ3n) is 4.89. The van der Waals surface area contributed by atoms with Crippen LogP contribution in [0.3, 0.4) is 0 Å². The maximum absolute atomic E-state index is 13.0. The van der Waals surface area contributed by atoms with E-state index in [0.717, 1.165) is 38.0 Å². The van der Waals surface area contributed by atoms with Crippen LogP contribution in [0.2, 0.25) is 0 Å². The zero-order valence-electron chi connectivity index (χ0n) is 14.6. The molecule has 0 unspecified atom stereocenters. The van der Waals surface area contributed by atoms with E-state index in [4.69, 9.17) is 4.74 Å². The van der Waals surface area contributed by atoms with Crippen LogP contribution in [-0.4, -0.2) is 42.6 Å². The number of methoxy groups -OCH3 is 1. The summed E-state index contributed by atoms with van der Waals surface area (Å²) in [6, 6.07) is 0. The maximum Gasteiger partial charge on any atom is 0.317 e. The molecule has 1 saturated heterocycles. The fraction of sp³-hybridized carbons (Fsp3) is 0.722. The minimum atomic E-state index is -0.894. The third kappa shape index (κ3) is 3.33. The van der Waals surface area contributed by atoms with E-state index in [0.29, 0.717) is 6.42 Å². The van der Waals surface area contributed by atoms with Gasteiger partial charge in [-0.25, -0.2) is 0 Å². The van der Waals surface area contributed by atoms with Crippen molar-refractivity contribution in [3.8, 4) is 0 Å². The van der Waals surface area contributed by atoms with Gasteiger partial charge in [-0.15, -0.1) is 0 Å². The largest absolute Gasteiger partial charge is 0.468 e. The summed E-state index contributed by atoms with van der Waals surface area (Å²) >= 11 is 0. The lowest BCUT2D eigenvalue weighted by Crippen LogP contribution is -2.47. The molecule has 2 rings (SSSR count). The molecule has 1 aliphatic heterocycles. The highest BCUT2D eigenvalue weighted by Crippen LogP contribution is 2.41. The van der Waals surface area contributed by atoms with E-state index in [1.54, 1.807) is 13.8 Å². The Labute approximate surface area is 138 Å². The van der Waals surface area contributed by atoms with Crippen molar-refractivity contribution < 1.29 is 19.1 Å². The van der Waals surface area contributed by atoms with Crippen LogP contribution in [0.4, 0.5) is 0 Å². The van der Waals surface area contributed by atoms with Gasteiger partial charge in [0.05, 0.1) is 12.7 Å². The zero-order valence-corrected chi connectivity index (χ0v) is 14.6. The minimum absolute atomic E-state index is 0.129. The van der Waals surface area contributed by atoms with Crippen molar-refractivity contribution in [3.05, 3.63) is 11.3 Å². The molecule has 0 aromatic heterocycles. The molecular formula is C18H27NO4. The molecule has 0 amide bonds. The SMILES string of the molecule is CCC/C(=C1/C(=O)CC(C)(C)[C@H](C(=O)OC)C1=O)N1CCCC1. The number of esters is 1. The Morgan fingerprint density at radius 3 is 2.39 bits per heavy atom. The first-order chi connectivity index (χ1) is 10.8. The number of hydrogen-bond donors (Lipinski definition) is 0. The number of carbonyl (C=O) groups excluding carboxylic acids is 3. The molecule has 1 atom stereocenters. The van der Waals surface area contributed by atoms with E-state index in [-0.39, 0.29) is 23.6 Å². The quantitative estimate of drug-likeness (QED) is 0.344. The summed E-state index contributed by atoms with van der Waals surface area (Å²) < 4.78 is 4.84. The van der Waals surface area contributed by atoms with Gasteiger partial charge in [-0.1, -0.05) is 27.2 Å².